The summed E-state index contributed by atoms with van der Waals surface area (Å²) in [6.07, 6.45) is 7.27. The van der Waals surface area contributed by atoms with Crippen LogP contribution < -0.4 is 5.32 Å². The lowest BCUT2D eigenvalue weighted by Crippen LogP contribution is -2.35. The van der Waals surface area contributed by atoms with E-state index in [1.807, 2.05) is 0 Å². The molecule has 0 bridgehead atoms. The number of halogens is 2. The van der Waals surface area contributed by atoms with Crippen molar-refractivity contribution < 1.29 is 8.78 Å². The second-order valence-corrected chi connectivity index (χ2v) is 4.82. The molecule has 1 unspecified atom stereocenters. The Kier molecular flexibility index (Phi) is 2.99. The fourth-order valence-electron chi connectivity index (χ4n) is 2.52. The summed E-state index contributed by atoms with van der Waals surface area (Å²) < 4.78 is 28.0. The Morgan fingerprint density at radius 3 is 3.00 bits per heavy atom. The minimum atomic E-state index is -0.613. The van der Waals surface area contributed by atoms with Gasteiger partial charge in [0.1, 0.15) is 5.82 Å². The van der Waals surface area contributed by atoms with Gasteiger partial charge in [-0.3, -0.25) is 0 Å². The number of aromatic nitrogens is 2. The molecule has 0 spiro atoms. The number of rotatable bonds is 2. The van der Waals surface area contributed by atoms with Gasteiger partial charge in [-0.15, -0.1) is 0 Å². The van der Waals surface area contributed by atoms with Crippen molar-refractivity contribution in [3.05, 3.63) is 35.8 Å². The molecule has 2 aromatic rings. The van der Waals surface area contributed by atoms with Gasteiger partial charge in [0.15, 0.2) is 11.5 Å². The molecule has 3 heterocycles. The van der Waals surface area contributed by atoms with Gasteiger partial charge in [-0.1, -0.05) is 6.42 Å². The van der Waals surface area contributed by atoms with Gasteiger partial charge >= 0.3 is 0 Å². The maximum atomic E-state index is 13.5. The SMILES string of the molecule is Fc1cc(F)c2nc(CC3CCCCN3)cn2c1. The average molecular weight is 251 g/mol. The maximum absolute atomic E-state index is 13.5. The van der Waals surface area contributed by atoms with Crippen molar-refractivity contribution in [2.24, 2.45) is 0 Å². The van der Waals surface area contributed by atoms with Crippen molar-refractivity contribution >= 4 is 5.65 Å². The molecule has 5 heteroatoms. The molecule has 3 nitrogen and oxygen atoms in total. The summed E-state index contributed by atoms with van der Waals surface area (Å²) in [5.41, 5.74) is 1.00. The third-order valence-electron chi connectivity index (χ3n) is 3.39. The highest BCUT2D eigenvalue weighted by atomic mass is 19.1. The van der Waals surface area contributed by atoms with E-state index in [1.54, 1.807) is 6.20 Å². The standard InChI is InChI=1S/C13H15F2N3/c14-9-5-12(15)13-17-11(8-18(13)7-9)6-10-3-1-2-4-16-10/h5,7-8,10,16H,1-4,6H2. The van der Waals surface area contributed by atoms with Crippen LogP contribution in [0.15, 0.2) is 18.5 Å². The van der Waals surface area contributed by atoms with E-state index in [9.17, 15) is 8.78 Å². The second kappa shape index (κ2) is 4.65. The zero-order chi connectivity index (χ0) is 12.5. The van der Waals surface area contributed by atoms with Crippen molar-refractivity contribution in [2.75, 3.05) is 6.54 Å². The Hall–Kier alpha value is -1.49. The van der Waals surface area contributed by atoms with Crippen molar-refractivity contribution in [1.82, 2.24) is 14.7 Å². The van der Waals surface area contributed by atoms with Crippen LogP contribution in [-0.2, 0) is 6.42 Å². The van der Waals surface area contributed by atoms with Crippen molar-refractivity contribution in [1.29, 1.82) is 0 Å². The first kappa shape index (κ1) is 11.6. The number of fused-ring (bicyclic) bond motifs is 1. The number of nitrogens with one attached hydrogen (secondary N) is 1. The van der Waals surface area contributed by atoms with Crippen LogP contribution in [0.2, 0.25) is 0 Å². The third kappa shape index (κ3) is 2.22. The van der Waals surface area contributed by atoms with Gasteiger partial charge in [0.2, 0.25) is 0 Å². The van der Waals surface area contributed by atoms with E-state index in [1.165, 1.54) is 23.4 Å². The molecular formula is C13H15F2N3. The van der Waals surface area contributed by atoms with Crippen molar-refractivity contribution in [2.45, 2.75) is 31.7 Å². The normalized spacial score (nSPS) is 20.4. The van der Waals surface area contributed by atoms with E-state index in [0.29, 0.717) is 6.04 Å². The van der Waals surface area contributed by atoms with Crippen molar-refractivity contribution in [3.8, 4) is 0 Å². The number of piperidine rings is 1. The van der Waals surface area contributed by atoms with Gasteiger partial charge in [-0.25, -0.2) is 13.8 Å². The highest BCUT2D eigenvalue weighted by Gasteiger charge is 2.16. The van der Waals surface area contributed by atoms with Crippen LogP contribution in [0.5, 0.6) is 0 Å². The van der Waals surface area contributed by atoms with Crippen LogP contribution >= 0.6 is 0 Å². The lowest BCUT2D eigenvalue weighted by Gasteiger charge is -2.22. The highest BCUT2D eigenvalue weighted by molar-refractivity contribution is 5.41. The number of pyridine rings is 1. The molecule has 2 aromatic heterocycles. The number of hydrogen-bond donors (Lipinski definition) is 1. The predicted octanol–water partition coefficient (Wildman–Crippen LogP) is 2.30. The fourth-order valence-corrected chi connectivity index (χ4v) is 2.52. The Balaban J connectivity index is 1.86. The lowest BCUT2D eigenvalue weighted by atomic mass is 10.0. The zero-order valence-electron chi connectivity index (χ0n) is 10.00. The first-order valence-corrected chi connectivity index (χ1v) is 6.28. The molecule has 0 saturated carbocycles. The fraction of sp³-hybridized carbons (Fsp3) is 0.462. The zero-order valence-corrected chi connectivity index (χ0v) is 10.00. The molecule has 0 aromatic carbocycles. The largest absolute Gasteiger partial charge is 0.314 e. The van der Waals surface area contributed by atoms with E-state index in [2.05, 4.69) is 10.3 Å². The van der Waals surface area contributed by atoms with Crippen LogP contribution in [-0.4, -0.2) is 22.0 Å². The van der Waals surface area contributed by atoms with Gasteiger partial charge in [0.25, 0.3) is 0 Å². The summed E-state index contributed by atoms with van der Waals surface area (Å²) in [7, 11) is 0. The van der Waals surface area contributed by atoms with E-state index >= 15 is 0 Å². The Morgan fingerprint density at radius 2 is 2.22 bits per heavy atom. The van der Waals surface area contributed by atoms with Crippen LogP contribution in [0.3, 0.4) is 0 Å². The Bertz CT molecular complexity index is 559. The maximum Gasteiger partial charge on any atom is 0.173 e. The van der Waals surface area contributed by atoms with Gasteiger partial charge in [-0.2, -0.15) is 0 Å². The molecule has 0 aliphatic carbocycles. The van der Waals surface area contributed by atoms with E-state index in [-0.39, 0.29) is 5.65 Å². The van der Waals surface area contributed by atoms with Gasteiger partial charge in [0, 0.05) is 30.9 Å². The Labute approximate surface area is 104 Å². The van der Waals surface area contributed by atoms with Crippen LogP contribution in [0, 0.1) is 11.6 Å². The van der Waals surface area contributed by atoms with Crippen LogP contribution in [0.25, 0.3) is 5.65 Å². The molecule has 1 atom stereocenters. The molecule has 96 valence electrons. The summed E-state index contributed by atoms with van der Waals surface area (Å²) in [6, 6.07) is 1.27. The number of hydrogen-bond acceptors (Lipinski definition) is 2. The van der Waals surface area contributed by atoms with E-state index < -0.39 is 11.6 Å². The second-order valence-electron chi connectivity index (χ2n) is 4.82. The molecule has 1 aliphatic rings. The smallest absolute Gasteiger partial charge is 0.173 e. The summed E-state index contributed by atoms with van der Waals surface area (Å²) in [5.74, 6) is -1.20. The summed E-state index contributed by atoms with van der Waals surface area (Å²) in [6.45, 7) is 1.03. The molecule has 1 fully saturated rings. The minimum absolute atomic E-state index is 0.196. The monoisotopic (exact) mass is 251 g/mol. The first-order valence-electron chi connectivity index (χ1n) is 6.28. The van der Waals surface area contributed by atoms with E-state index in [4.69, 9.17) is 0 Å². The molecule has 1 aliphatic heterocycles. The van der Waals surface area contributed by atoms with Gasteiger partial charge in [-0.05, 0) is 19.4 Å². The quantitative estimate of drug-likeness (QED) is 0.887. The number of imidazole rings is 1. The summed E-state index contributed by atoms with van der Waals surface area (Å²) in [4.78, 5) is 4.23. The average Bonchev–Trinajstić information content (AvgIpc) is 2.73. The topological polar surface area (TPSA) is 29.3 Å². The predicted molar refractivity (Wildman–Crippen MR) is 64.5 cm³/mol. The van der Waals surface area contributed by atoms with Crippen molar-refractivity contribution in [3.63, 3.8) is 0 Å². The summed E-state index contributed by atoms with van der Waals surface area (Å²) in [5, 5.41) is 3.42. The third-order valence-corrected chi connectivity index (χ3v) is 3.39. The van der Waals surface area contributed by atoms with Crippen LogP contribution in [0.4, 0.5) is 8.78 Å². The molecule has 3 rings (SSSR count). The molecule has 0 amide bonds. The molecule has 0 radical (unpaired) electrons. The number of nitrogens with zero attached hydrogens (tertiary/aromatic N) is 2. The Morgan fingerprint density at radius 1 is 1.33 bits per heavy atom. The molecule has 1 N–H and O–H groups in total. The highest BCUT2D eigenvalue weighted by Crippen LogP contribution is 2.15. The van der Waals surface area contributed by atoms with Gasteiger partial charge in [0.05, 0.1) is 5.69 Å². The van der Waals surface area contributed by atoms with Gasteiger partial charge < -0.3 is 9.72 Å². The lowest BCUT2D eigenvalue weighted by molar-refractivity contribution is 0.397. The van der Waals surface area contributed by atoms with E-state index in [0.717, 1.165) is 31.1 Å². The molecule has 18 heavy (non-hydrogen) atoms. The molecule has 1 saturated heterocycles. The minimum Gasteiger partial charge on any atom is -0.314 e. The first-order chi connectivity index (χ1) is 8.72. The van der Waals surface area contributed by atoms with Crippen LogP contribution in [0.1, 0.15) is 25.0 Å². The summed E-state index contributed by atoms with van der Waals surface area (Å²) >= 11 is 0. The molecular weight excluding hydrogens is 236 g/mol.